The van der Waals surface area contributed by atoms with Crippen molar-refractivity contribution < 1.29 is 14.3 Å². The maximum absolute atomic E-state index is 10.7. The average Bonchev–Trinajstić information content (AvgIpc) is 3.12. The molecule has 2 heterocycles. The summed E-state index contributed by atoms with van der Waals surface area (Å²) in [6.45, 7) is 9.73. The molecule has 0 aliphatic carbocycles. The Labute approximate surface area is 190 Å². The molecular formula is C21H33IN4O3. The number of nitrogens with zero attached hydrogens (tertiary/aromatic N) is 2. The zero-order valence-corrected chi connectivity index (χ0v) is 20.0. The van der Waals surface area contributed by atoms with Crippen LogP contribution in [0.15, 0.2) is 39.9 Å². The third kappa shape index (κ3) is 8.22. The Kier molecular flexibility index (Phi) is 11.0. The summed E-state index contributed by atoms with van der Waals surface area (Å²) in [6, 6.07) is 7.47. The summed E-state index contributed by atoms with van der Waals surface area (Å²) < 4.78 is 11.3. The van der Waals surface area contributed by atoms with Crippen molar-refractivity contribution in [2.75, 3.05) is 19.7 Å². The van der Waals surface area contributed by atoms with E-state index in [4.69, 9.17) is 9.15 Å². The van der Waals surface area contributed by atoms with Crippen LogP contribution < -0.4 is 15.4 Å². The predicted molar refractivity (Wildman–Crippen MR) is 126 cm³/mol. The fourth-order valence-electron chi connectivity index (χ4n) is 2.56. The van der Waals surface area contributed by atoms with E-state index in [1.165, 1.54) is 0 Å². The fraction of sp³-hybridized carbons (Fsp3) is 0.524. The van der Waals surface area contributed by atoms with E-state index in [0.717, 1.165) is 24.2 Å². The Morgan fingerprint density at radius 3 is 2.72 bits per heavy atom. The zero-order valence-electron chi connectivity index (χ0n) is 17.7. The van der Waals surface area contributed by atoms with E-state index in [1.54, 1.807) is 19.2 Å². The third-order valence-electron chi connectivity index (χ3n) is 4.21. The van der Waals surface area contributed by atoms with E-state index in [2.05, 4.69) is 27.5 Å². The molecule has 8 heteroatoms. The summed E-state index contributed by atoms with van der Waals surface area (Å²) >= 11 is 0. The van der Waals surface area contributed by atoms with Crippen molar-refractivity contribution in [3.05, 3.63) is 47.5 Å². The summed E-state index contributed by atoms with van der Waals surface area (Å²) in [7, 11) is 0. The third-order valence-corrected chi connectivity index (χ3v) is 4.21. The number of aliphatic hydroxyl groups is 1. The van der Waals surface area contributed by atoms with Gasteiger partial charge in [0.05, 0.1) is 19.7 Å². The van der Waals surface area contributed by atoms with Crippen molar-refractivity contribution in [1.29, 1.82) is 0 Å². The standard InChI is InChI=1S/C21H32N4O3.HI/c1-5-7-13-27-19-17(9-8-12-23-19)14-24-20(22-6-2)25-15-21(4,26)18-11-10-16(3)28-18;/h8-12,26H,5-7,13-15H2,1-4H3,(H2,22,24,25);1H. The molecule has 2 aromatic heterocycles. The number of halogens is 1. The number of hydrogen-bond acceptors (Lipinski definition) is 5. The van der Waals surface area contributed by atoms with E-state index in [9.17, 15) is 5.11 Å². The van der Waals surface area contributed by atoms with Crippen LogP contribution in [-0.2, 0) is 12.1 Å². The first-order valence-electron chi connectivity index (χ1n) is 9.84. The molecule has 3 N–H and O–H groups in total. The molecule has 0 bridgehead atoms. The molecule has 0 aliphatic rings. The van der Waals surface area contributed by atoms with Crippen molar-refractivity contribution in [1.82, 2.24) is 15.6 Å². The largest absolute Gasteiger partial charge is 0.477 e. The first-order chi connectivity index (χ1) is 13.5. The van der Waals surface area contributed by atoms with Crippen LogP contribution in [0, 0.1) is 6.92 Å². The minimum atomic E-state index is -1.15. The molecule has 162 valence electrons. The Bertz CT molecular complexity index is 762. The highest BCUT2D eigenvalue weighted by molar-refractivity contribution is 14.0. The molecule has 0 aliphatic heterocycles. The maximum Gasteiger partial charge on any atom is 0.218 e. The highest BCUT2D eigenvalue weighted by Gasteiger charge is 2.27. The Morgan fingerprint density at radius 2 is 2.07 bits per heavy atom. The second-order valence-corrected chi connectivity index (χ2v) is 6.90. The van der Waals surface area contributed by atoms with Crippen LogP contribution in [0.25, 0.3) is 0 Å². The molecule has 0 radical (unpaired) electrons. The summed E-state index contributed by atoms with van der Waals surface area (Å²) in [4.78, 5) is 8.92. The monoisotopic (exact) mass is 516 g/mol. The van der Waals surface area contributed by atoms with Gasteiger partial charge in [0.15, 0.2) is 5.96 Å². The first-order valence-corrected chi connectivity index (χ1v) is 9.84. The topological polar surface area (TPSA) is 91.9 Å². The van der Waals surface area contributed by atoms with Crippen molar-refractivity contribution in [3.8, 4) is 5.88 Å². The van der Waals surface area contributed by atoms with Crippen LogP contribution >= 0.6 is 24.0 Å². The lowest BCUT2D eigenvalue weighted by atomic mass is 10.0. The van der Waals surface area contributed by atoms with Crippen LogP contribution in [0.2, 0.25) is 0 Å². The maximum atomic E-state index is 10.7. The fourth-order valence-corrected chi connectivity index (χ4v) is 2.56. The molecule has 0 aromatic carbocycles. The number of guanidine groups is 1. The molecule has 0 saturated carbocycles. The van der Waals surface area contributed by atoms with Crippen LogP contribution in [0.1, 0.15) is 50.7 Å². The molecule has 7 nitrogen and oxygen atoms in total. The van der Waals surface area contributed by atoms with Gasteiger partial charge in [-0.05, 0) is 45.4 Å². The second-order valence-electron chi connectivity index (χ2n) is 6.90. The second kappa shape index (κ2) is 12.7. The van der Waals surface area contributed by atoms with Crippen molar-refractivity contribution in [3.63, 3.8) is 0 Å². The van der Waals surface area contributed by atoms with Gasteiger partial charge in [0, 0.05) is 18.3 Å². The van der Waals surface area contributed by atoms with Crippen LogP contribution in [0.4, 0.5) is 0 Å². The molecule has 0 saturated heterocycles. The summed E-state index contributed by atoms with van der Waals surface area (Å²) in [5.74, 6) is 2.51. The lowest BCUT2D eigenvalue weighted by Gasteiger charge is -2.23. The number of pyridine rings is 1. The first kappa shape index (κ1) is 25.2. The highest BCUT2D eigenvalue weighted by atomic mass is 127. The number of aliphatic imine (C=N–C) groups is 1. The van der Waals surface area contributed by atoms with E-state index in [1.807, 2.05) is 32.0 Å². The molecule has 1 unspecified atom stereocenters. The lowest BCUT2D eigenvalue weighted by Crippen LogP contribution is -2.44. The van der Waals surface area contributed by atoms with E-state index >= 15 is 0 Å². The normalized spacial score (nSPS) is 13.3. The van der Waals surface area contributed by atoms with E-state index in [0.29, 0.717) is 37.3 Å². The van der Waals surface area contributed by atoms with E-state index < -0.39 is 5.60 Å². The number of furan rings is 1. The quantitative estimate of drug-likeness (QED) is 0.193. The van der Waals surface area contributed by atoms with Crippen LogP contribution in [0.5, 0.6) is 5.88 Å². The van der Waals surface area contributed by atoms with Crippen molar-refractivity contribution in [2.24, 2.45) is 4.99 Å². The Balaban J connectivity index is 0.00000420. The van der Waals surface area contributed by atoms with Gasteiger partial charge < -0.3 is 24.9 Å². The number of hydrogen-bond donors (Lipinski definition) is 3. The highest BCUT2D eigenvalue weighted by Crippen LogP contribution is 2.22. The summed E-state index contributed by atoms with van der Waals surface area (Å²) in [5.41, 5.74) is -0.225. The van der Waals surface area contributed by atoms with Crippen LogP contribution in [-0.4, -0.2) is 35.7 Å². The molecule has 0 fully saturated rings. The molecule has 2 rings (SSSR count). The number of rotatable bonds is 10. The van der Waals surface area contributed by atoms with Crippen molar-refractivity contribution in [2.45, 2.75) is 52.7 Å². The molecular weight excluding hydrogens is 483 g/mol. The predicted octanol–water partition coefficient (Wildman–Crippen LogP) is 3.74. The zero-order chi connectivity index (χ0) is 20.4. The number of ether oxygens (including phenoxy) is 1. The average molecular weight is 516 g/mol. The van der Waals surface area contributed by atoms with Gasteiger partial charge in [-0.15, -0.1) is 24.0 Å². The van der Waals surface area contributed by atoms with Gasteiger partial charge in [0.1, 0.15) is 17.1 Å². The SMILES string of the molecule is CCCCOc1ncccc1CN=C(NCC)NCC(C)(O)c1ccc(C)o1.I. The Hall–Kier alpha value is -1.81. The Morgan fingerprint density at radius 1 is 1.28 bits per heavy atom. The molecule has 0 amide bonds. The van der Waals surface area contributed by atoms with Crippen molar-refractivity contribution >= 4 is 29.9 Å². The molecule has 1 atom stereocenters. The van der Waals surface area contributed by atoms with Gasteiger partial charge in [0.25, 0.3) is 0 Å². The van der Waals surface area contributed by atoms with Gasteiger partial charge in [0.2, 0.25) is 5.88 Å². The molecule has 0 spiro atoms. The summed E-state index contributed by atoms with van der Waals surface area (Å²) in [5, 5.41) is 17.1. The van der Waals surface area contributed by atoms with Gasteiger partial charge in [-0.2, -0.15) is 0 Å². The smallest absolute Gasteiger partial charge is 0.218 e. The minimum Gasteiger partial charge on any atom is -0.477 e. The number of unbranched alkanes of at least 4 members (excludes halogenated alkanes) is 1. The molecule has 29 heavy (non-hydrogen) atoms. The summed E-state index contributed by atoms with van der Waals surface area (Å²) in [6.07, 6.45) is 3.79. The van der Waals surface area contributed by atoms with Gasteiger partial charge in [-0.25, -0.2) is 9.98 Å². The lowest BCUT2D eigenvalue weighted by molar-refractivity contribution is 0.0378. The van der Waals surface area contributed by atoms with E-state index in [-0.39, 0.29) is 30.5 Å². The minimum absolute atomic E-state index is 0. The van der Waals surface area contributed by atoms with Gasteiger partial charge in [-0.1, -0.05) is 19.4 Å². The van der Waals surface area contributed by atoms with Gasteiger partial charge >= 0.3 is 0 Å². The number of aromatic nitrogens is 1. The molecule has 2 aromatic rings. The van der Waals surface area contributed by atoms with Crippen LogP contribution in [0.3, 0.4) is 0 Å². The number of nitrogens with one attached hydrogen (secondary N) is 2. The van der Waals surface area contributed by atoms with Gasteiger partial charge in [-0.3, -0.25) is 0 Å². The number of aryl methyl sites for hydroxylation is 1.